The van der Waals surface area contributed by atoms with E-state index >= 15 is 0 Å². The van der Waals surface area contributed by atoms with Gasteiger partial charge in [-0.05, 0) is 42.8 Å². The van der Waals surface area contributed by atoms with Gasteiger partial charge < -0.3 is 19.7 Å². The van der Waals surface area contributed by atoms with E-state index in [1.165, 1.54) is 34.5 Å². The average molecular weight is 510 g/mol. The van der Waals surface area contributed by atoms with Gasteiger partial charge in [-0.3, -0.25) is 9.59 Å². The fraction of sp³-hybridized carbons (Fsp3) is 0.391. The Morgan fingerprint density at radius 3 is 2.44 bits per heavy atom. The zero-order valence-corrected chi connectivity index (χ0v) is 20.7. The van der Waals surface area contributed by atoms with Gasteiger partial charge in [-0.2, -0.15) is 4.31 Å². The molecular weight excluding hydrogens is 482 g/mol. The lowest BCUT2D eigenvalue weighted by atomic mass is 10.1. The number of rotatable bonds is 9. The van der Waals surface area contributed by atoms with Crippen molar-refractivity contribution in [2.45, 2.75) is 18.4 Å². The Morgan fingerprint density at radius 2 is 1.82 bits per heavy atom. The summed E-state index contributed by atoms with van der Waals surface area (Å²) in [6.45, 7) is 3.21. The molecule has 0 bridgehead atoms. The van der Waals surface area contributed by atoms with Gasteiger partial charge in [0.2, 0.25) is 15.9 Å². The van der Waals surface area contributed by atoms with E-state index in [0.29, 0.717) is 24.8 Å². The number of hydrogen-bond donors (Lipinski definition) is 1. The number of nitrogens with zero attached hydrogens (tertiary/aromatic N) is 2. The van der Waals surface area contributed by atoms with Crippen LogP contribution in [0, 0.1) is 0 Å². The highest BCUT2D eigenvalue weighted by atomic mass is 35.5. The predicted molar refractivity (Wildman–Crippen MR) is 127 cm³/mol. The second kappa shape index (κ2) is 11.7. The summed E-state index contributed by atoms with van der Waals surface area (Å²) in [5.41, 5.74) is 0.944. The first-order chi connectivity index (χ1) is 16.3. The Labute approximate surface area is 204 Å². The van der Waals surface area contributed by atoms with Crippen molar-refractivity contribution >= 4 is 33.4 Å². The monoisotopic (exact) mass is 509 g/mol. The highest BCUT2D eigenvalue weighted by Crippen LogP contribution is 2.26. The minimum Gasteiger partial charge on any atom is -0.496 e. The average Bonchev–Trinajstić information content (AvgIpc) is 2.86. The zero-order valence-electron chi connectivity index (χ0n) is 19.1. The van der Waals surface area contributed by atoms with E-state index in [1.807, 2.05) is 0 Å². The van der Waals surface area contributed by atoms with Crippen LogP contribution in [0.1, 0.15) is 22.8 Å². The number of sulfonamides is 1. The molecule has 0 unspecified atom stereocenters. The molecule has 0 atom stereocenters. The van der Waals surface area contributed by atoms with Crippen molar-refractivity contribution in [3.63, 3.8) is 0 Å². The number of nitrogens with one attached hydrogen (secondary N) is 1. The maximum atomic E-state index is 13.3. The molecule has 3 rings (SSSR count). The topological polar surface area (TPSA) is 105 Å². The fourth-order valence-electron chi connectivity index (χ4n) is 3.48. The Morgan fingerprint density at radius 1 is 1.15 bits per heavy atom. The van der Waals surface area contributed by atoms with Crippen molar-refractivity contribution < 1.29 is 27.5 Å². The summed E-state index contributed by atoms with van der Waals surface area (Å²) in [5, 5.41) is 3.38. The first-order valence-corrected chi connectivity index (χ1v) is 12.6. The van der Waals surface area contributed by atoms with Gasteiger partial charge in [0.05, 0.1) is 37.3 Å². The van der Waals surface area contributed by atoms with Gasteiger partial charge in [-0.1, -0.05) is 23.7 Å². The molecule has 9 nitrogen and oxygen atoms in total. The van der Waals surface area contributed by atoms with Crippen LogP contribution in [0.3, 0.4) is 0 Å². The Kier molecular flexibility index (Phi) is 8.90. The Balaban J connectivity index is 1.75. The van der Waals surface area contributed by atoms with Crippen LogP contribution in [0.15, 0.2) is 47.4 Å². The molecule has 1 heterocycles. The number of methoxy groups -OCH3 is 1. The van der Waals surface area contributed by atoms with E-state index in [1.54, 1.807) is 31.2 Å². The lowest BCUT2D eigenvalue weighted by Gasteiger charge is -2.26. The number of hydrogen-bond acceptors (Lipinski definition) is 6. The van der Waals surface area contributed by atoms with Gasteiger partial charge in [-0.15, -0.1) is 0 Å². The van der Waals surface area contributed by atoms with Crippen LogP contribution < -0.4 is 10.1 Å². The molecule has 184 valence electrons. The number of carbonyl (C=O) groups excluding carboxylic acids is 2. The lowest BCUT2D eigenvalue weighted by Crippen LogP contribution is -2.41. The van der Waals surface area contributed by atoms with Crippen molar-refractivity contribution in [1.29, 1.82) is 0 Å². The first kappa shape index (κ1) is 26.0. The molecule has 11 heteroatoms. The van der Waals surface area contributed by atoms with Crippen LogP contribution >= 0.6 is 11.6 Å². The predicted octanol–water partition coefficient (Wildman–Crippen LogP) is 2.15. The Bertz CT molecular complexity index is 1120. The number of morpholine rings is 1. The summed E-state index contributed by atoms with van der Waals surface area (Å²) in [7, 11) is -2.40. The number of ether oxygens (including phenoxy) is 2. The van der Waals surface area contributed by atoms with E-state index < -0.39 is 15.9 Å². The van der Waals surface area contributed by atoms with Crippen LogP contribution in [0.4, 0.5) is 0 Å². The van der Waals surface area contributed by atoms with Crippen LogP contribution in [0.5, 0.6) is 5.75 Å². The second-order valence-corrected chi connectivity index (χ2v) is 9.98. The molecule has 1 saturated heterocycles. The molecule has 2 amide bonds. The smallest absolute Gasteiger partial charge is 0.258 e. The molecule has 0 aliphatic carbocycles. The standard InChI is InChI=1S/C23H28ClN3O6S/c1-3-26(16-22(28)25-15-17-4-6-18(24)7-5-17)23(29)20-14-19(8-9-21(20)32-2)34(30,31)27-10-12-33-13-11-27/h4-9,14H,3,10-13,15-16H2,1-2H3,(H,25,28). The van der Waals surface area contributed by atoms with Crippen molar-refractivity contribution in [1.82, 2.24) is 14.5 Å². The molecule has 1 aliphatic rings. The highest BCUT2D eigenvalue weighted by molar-refractivity contribution is 7.89. The summed E-state index contributed by atoms with van der Waals surface area (Å²) in [6, 6.07) is 11.2. The summed E-state index contributed by atoms with van der Waals surface area (Å²) < 4.78 is 38.0. The van der Waals surface area contributed by atoms with E-state index in [0.717, 1.165) is 5.56 Å². The van der Waals surface area contributed by atoms with Gasteiger partial charge in [0.1, 0.15) is 5.75 Å². The molecule has 1 fully saturated rings. The number of halogens is 1. The molecule has 0 spiro atoms. The number of amides is 2. The zero-order chi connectivity index (χ0) is 24.7. The summed E-state index contributed by atoms with van der Waals surface area (Å²) >= 11 is 5.88. The molecule has 1 aliphatic heterocycles. The third-order valence-electron chi connectivity index (χ3n) is 5.42. The van der Waals surface area contributed by atoms with Crippen molar-refractivity contribution in [3.8, 4) is 5.75 Å². The van der Waals surface area contributed by atoms with Crippen LogP contribution in [0.2, 0.25) is 5.02 Å². The largest absolute Gasteiger partial charge is 0.496 e. The van der Waals surface area contributed by atoms with Crippen LogP contribution in [0.25, 0.3) is 0 Å². The normalized spacial score (nSPS) is 14.4. The summed E-state index contributed by atoms with van der Waals surface area (Å²) in [6.07, 6.45) is 0. The van der Waals surface area contributed by atoms with Gasteiger partial charge in [0.25, 0.3) is 5.91 Å². The maximum absolute atomic E-state index is 13.3. The van der Waals surface area contributed by atoms with Crippen molar-refractivity contribution in [3.05, 3.63) is 58.6 Å². The van der Waals surface area contributed by atoms with E-state index in [4.69, 9.17) is 21.1 Å². The minimum atomic E-state index is -3.80. The van der Waals surface area contributed by atoms with E-state index in [-0.39, 0.29) is 48.3 Å². The molecule has 1 N–H and O–H groups in total. The summed E-state index contributed by atoms with van der Waals surface area (Å²) in [5.74, 6) is -0.618. The molecule has 0 aromatic heterocycles. The SMILES string of the molecule is CCN(CC(=O)NCc1ccc(Cl)cc1)C(=O)c1cc(S(=O)(=O)N2CCOCC2)ccc1OC. The van der Waals surface area contributed by atoms with Gasteiger partial charge in [-0.25, -0.2) is 8.42 Å². The number of carbonyl (C=O) groups is 2. The maximum Gasteiger partial charge on any atom is 0.258 e. The second-order valence-electron chi connectivity index (χ2n) is 7.60. The van der Waals surface area contributed by atoms with Gasteiger partial charge >= 0.3 is 0 Å². The number of benzene rings is 2. The quantitative estimate of drug-likeness (QED) is 0.555. The lowest BCUT2D eigenvalue weighted by molar-refractivity contribution is -0.121. The van der Waals surface area contributed by atoms with Crippen molar-refractivity contribution in [2.75, 3.05) is 46.5 Å². The third-order valence-corrected chi connectivity index (χ3v) is 7.56. The van der Waals surface area contributed by atoms with Crippen LogP contribution in [-0.2, 0) is 26.1 Å². The van der Waals surface area contributed by atoms with Gasteiger partial charge in [0, 0.05) is 31.2 Å². The highest BCUT2D eigenvalue weighted by Gasteiger charge is 2.29. The number of likely N-dealkylation sites (N-methyl/N-ethyl adjacent to an activating group) is 1. The van der Waals surface area contributed by atoms with E-state index in [9.17, 15) is 18.0 Å². The molecule has 2 aromatic carbocycles. The molecule has 34 heavy (non-hydrogen) atoms. The third kappa shape index (κ3) is 6.26. The first-order valence-electron chi connectivity index (χ1n) is 10.8. The van der Waals surface area contributed by atoms with Crippen LogP contribution in [-0.4, -0.2) is 75.9 Å². The van der Waals surface area contributed by atoms with E-state index in [2.05, 4.69) is 5.32 Å². The van der Waals surface area contributed by atoms with Gasteiger partial charge in [0.15, 0.2) is 0 Å². The summed E-state index contributed by atoms with van der Waals surface area (Å²) in [4.78, 5) is 27.1. The van der Waals surface area contributed by atoms with Crippen molar-refractivity contribution in [2.24, 2.45) is 0 Å². The minimum absolute atomic E-state index is 0.0122. The molecule has 0 radical (unpaired) electrons. The molecule has 0 saturated carbocycles. The molecule has 2 aromatic rings. The molecular formula is C23H28ClN3O6S. The fourth-order valence-corrected chi connectivity index (χ4v) is 5.04. The Hall–Kier alpha value is -2.66.